The Labute approximate surface area is 186 Å². The zero-order chi connectivity index (χ0) is 21.8. The molecule has 31 heavy (non-hydrogen) atoms. The number of aromatic nitrogens is 1. The molecule has 0 fully saturated rings. The van der Waals surface area contributed by atoms with Gasteiger partial charge in [0.15, 0.2) is 0 Å². The Bertz CT molecular complexity index is 1070. The highest BCUT2D eigenvalue weighted by molar-refractivity contribution is 7.16. The van der Waals surface area contributed by atoms with Crippen molar-refractivity contribution in [2.75, 3.05) is 24.9 Å². The molecule has 1 aliphatic rings. The lowest BCUT2D eigenvalue weighted by Gasteiger charge is -2.19. The van der Waals surface area contributed by atoms with E-state index in [1.54, 1.807) is 50.1 Å². The van der Waals surface area contributed by atoms with Crippen LogP contribution in [0.1, 0.15) is 39.7 Å². The standard InChI is InChI=1S/C24H27N3O3S/c1-15-4-6-18-21(12-15)31-24(26-14-16-8-10-25-11-9-16)22(18)23(28)27-19-7-5-17(29-2)13-20(19)30-3/h5,7-11,13,15,26H,4,6,12,14H2,1-3H3,(H,27,28). The maximum absolute atomic E-state index is 13.4. The molecule has 1 aliphatic carbocycles. The molecular formula is C24H27N3O3S. The van der Waals surface area contributed by atoms with E-state index in [9.17, 15) is 4.79 Å². The van der Waals surface area contributed by atoms with Crippen LogP contribution in [0.2, 0.25) is 0 Å². The molecule has 2 aromatic heterocycles. The maximum Gasteiger partial charge on any atom is 0.259 e. The van der Waals surface area contributed by atoms with Gasteiger partial charge in [0.1, 0.15) is 16.5 Å². The first-order valence-corrected chi connectivity index (χ1v) is 11.2. The molecule has 7 heteroatoms. The van der Waals surface area contributed by atoms with Crippen LogP contribution < -0.4 is 20.1 Å². The number of nitrogens with zero attached hydrogens (tertiary/aromatic N) is 1. The van der Waals surface area contributed by atoms with Gasteiger partial charge in [0.05, 0.1) is 25.5 Å². The number of carbonyl (C=O) groups excluding carboxylic acids is 1. The van der Waals surface area contributed by atoms with Gasteiger partial charge in [-0.15, -0.1) is 11.3 Å². The van der Waals surface area contributed by atoms with E-state index in [0.717, 1.165) is 35.4 Å². The van der Waals surface area contributed by atoms with Crippen molar-refractivity contribution in [2.24, 2.45) is 5.92 Å². The number of nitrogens with one attached hydrogen (secondary N) is 2. The summed E-state index contributed by atoms with van der Waals surface area (Å²) in [6, 6.07) is 9.34. The topological polar surface area (TPSA) is 72.5 Å². The number of pyridine rings is 1. The minimum Gasteiger partial charge on any atom is -0.497 e. The summed E-state index contributed by atoms with van der Waals surface area (Å²) in [4.78, 5) is 18.8. The Morgan fingerprint density at radius 3 is 2.74 bits per heavy atom. The number of ether oxygens (including phenoxy) is 2. The quantitative estimate of drug-likeness (QED) is 0.535. The van der Waals surface area contributed by atoms with E-state index in [-0.39, 0.29) is 5.91 Å². The van der Waals surface area contributed by atoms with Gasteiger partial charge in [-0.1, -0.05) is 6.92 Å². The third-order valence-corrected chi connectivity index (χ3v) is 6.81. The van der Waals surface area contributed by atoms with Gasteiger partial charge in [-0.2, -0.15) is 0 Å². The average Bonchev–Trinajstić information content (AvgIpc) is 3.16. The van der Waals surface area contributed by atoms with E-state index in [2.05, 4.69) is 22.5 Å². The molecule has 4 rings (SSSR count). The number of amides is 1. The van der Waals surface area contributed by atoms with Crippen molar-refractivity contribution in [1.29, 1.82) is 0 Å². The third-order valence-electron chi connectivity index (χ3n) is 5.60. The Kier molecular flexibility index (Phi) is 6.42. The van der Waals surface area contributed by atoms with Crippen LogP contribution in [0.5, 0.6) is 11.5 Å². The van der Waals surface area contributed by atoms with E-state index in [1.165, 1.54) is 10.4 Å². The summed E-state index contributed by atoms with van der Waals surface area (Å²) in [7, 11) is 3.19. The number of carbonyl (C=O) groups is 1. The summed E-state index contributed by atoms with van der Waals surface area (Å²) in [5.41, 5.74) is 3.67. The van der Waals surface area contributed by atoms with Crippen LogP contribution in [0, 0.1) is 5.92 Å². The summed E-state index contributed by atoms with van der Waals surface area (Å²) in [6.45, 7) is 2.91. The molecule has 2 N–H and O–H groups in total. The molecule has 1 unspecified atom stereocenters. The van der Waals surface area contributed by atoms with Gasteiger partial charge in [-0.25, -0.2) is 0 Å². The Hall–Kier alpha value is -3.06. The van der Waals surface area contributed by atoms with Crippen LogP contribution in [0.25, 0.3) is 0 Å². The van der Waals surface area contributed by atoms with Gasteiger partial charge in [-0.3, -0.25) is 9.78 Å². The van der Waals surface area contributed by atoms with Gasteiger partial charge in [0.25, 0.3) is 5.91 Å². The SMILES string of the molecule is COc1ccc(NC(=O)c2c(NCc3ccncc3)sc3c2CCC(C)C3)c(OC)c1. The number of benzene rings is 1. The second-order valence-electron chi connectivity index (χ2n) is 7.79. The smallest absolute Gasteiger partial charge is 0.259 e. The Morgan fingerprint density at radius 1 is 1.19 bits per heavy atom. The summed E-state index contributed by atoms with van der Waals surface area (Å²) in [5.74, 6) is 1.76. The molecule has 6 nitrogen and oxygen atoms in total. The van der Waals surface area contributed by atoms with Gasteiger partial charge >= 0.3 is 0 Å². The Morgan fingerprint density at radius 2 is 2.00 bits per heavy atom. The fourth-order valence-corrected chi connectivity index (χ4v) is 5.29. The van der Waals surface area contributed by atoms with Crippen molar-refractivity contribution in [3.05, 3.63) is 64.3 Å². The summed E-state index contributed by atoms with van der Waals surface area (Å²) in [6.07, 6.45) is 6.60. The highest BCUT2D eigenvalue weighted by atomic mass is 32.1. The molecule has 1 atom stereocenters. The highest BCUT2D eigenvalue weighted by Gasteiger charge is 2.28. The number of anilines is 2. The van der Waals surface area contributed by atoms with E-state index >= 15 is 0 Å². The molecule has 1 aromatic carbocycles. The van der Waals surface area contributed by atoms with Crippen molar-refractivity contribution in [1.82, 2.24) is 4.98 Å². The minimum atomic E-state index is -0.118. The zero-order valence-corrected chi connectivity index (χ0v) is 18.8. The number of hydrogen-bond donors (Lipinski definition) is 2. The first-order chi connectivity index (χ1) is 15.1. The van der Waals surface area contributed by atoms with Gasteiger partial charge in [-0.05, 0) is 60.6 Å². The molecule has 2 heterocycles. The predicted octanol–water partition coefficient (Wildman–Crippen LogP) is 5.15. The molecule has 0 spiro atoms. The van der Waals surface area contributed by atoms with Gasteiger partial charge in [0, 0.05) is 29.9 Å². The lowest BCUT2D eigenvalue weighted by Crippen LogP contribution is -2.18. The Balaban J connectivity index is 1.63. The monoisotopic (exact) mass is 437 g/mol. The lowest BCUT2D eigenvalue weighted by atomic mass is 9.88. The van der Waals surface area contributed by atoms with Gasteiger partial charge in [0.2, 0.25) is 0 Å². The highest BCUT2D eigenvalue weighted by Crippen LogP contribution is 2.40. The molecule has 0 saturated heterocycles. The molecule has 0 bridgehead atoms. The lowest BCUT2D eigenvalue weighted by molar-refractivity contribution is 0.102. The van der Waals surface area contributed by atoms with E-state index in [0.29, 0.717) is 29.6 Å². The largest absolute Gasteiger partial charge is 0.497 e. The normalized spacial score (nSPS) is 15.1. The fourth-order valence-electron chi connectivity index (χ4n) is 3.89. The van der Waals surface area contributed by atoms with Crippen LogP contribution in [0.3, 0.4) is 0 Å². The van der Waals surface area contributed by atoms with Crippen LogP contribution in [0.4, 0.5) is 10.7 Å². The van der Waals surface area contributed by atoms with Crippen molar-refractivity contribution < 1.29 is 14.3 Å². The van der Waals surface area contributed by atoms with E-state index in [4.69, 9.17) is 9.47 Å². The first-order valence-electron chi connectivity index (χ1n) is 10.4. The maximum atomic E-state index is 13.4. The number of thiophene rings is 1. The fraction of sp³-hybridized carbons (Fsp3) is 0.333. The van der Waals surface area contributed by atoms with Crippen LogP contribution in [0.15, 0.2) is 42.7 Å². The van der Waals surface area contributed by atoms with Crippen LogP contribution >= 0.6 is 11.3 Å². The van der Waals surface area contributed by atoms with Crippen molar-refractivity contribution in [3.8, 4) is 11.5 Å². The predicted molar refractivity (Wildman–Crippen MR) is 125 cm³/mol. The second kappa shape index (κ2) is 9.39. The minimum absolute atomic E-state index is 0.118. The first kappa shape index (κ1) is 21.2. The number of hydrogen-bond acceptors (Lipinski definition) is 6. The molecule has 0 radical (unpaired) electrons. The van der Waals surface area contributed by atoms with Gasteiger partial charge < -0.3 is 20.1 Å². The molecule has 0 aliphatic heterocycles. The molecule has 3 aromatic rings. The number of fused-ring (bicyclic) bond motifs is 1. The summed E-state index contributed by atoms with van der Waals surface area (Å²) < 4.78 is 10.7. The zero-order valence-electron chi connectivity index (χ0n) is 18.0. The summed E-state index contributed by atoms with van der Waals surface area (Å²) in [5, 5.41) is 7.46. The van der Waals surface area contributed by atoms with Crippen molar-refractivity contribution >= 4 is 27.9 Å². The molecular weight excluding hydrogens is 410 g/mol. The molecule has 0 saturated carbocycles. The van der Waals surface area contributed by atoms with E-state index in [1.807, 2.05) is 18.2 Å². The molecule has 1 amide bonds. The molecule has 162 valence electrons. The second-order valence-corrected chi connectivity index (χ2v) is 8.89. The van der Waals surface area contributed by atoms with Crippen molar-refractivity contribution in [2.45, 2.75) is 32.7 Å². The summed E-state index contributed by atoms with van der Waals surface area (Å²) >= 11 is 1.70. The average molecular weight is 438 g/mol. The van der Waals surface area contributed by atoms with Crippen molar-refractivity contribution in [3.63, 3.8) is 0 Å². The number of methoxy groups -OCH3 is 2. The van der Waals surface area contributed by atoms with Crippen LogP contribution in [-0.4, -0.2) is 25.1 Å². The third kappa shape index (κ3) is 4.66. The van der Waals surface area contributed by atoms with E-state index < -0.39 is 0 Å². The van der Waals surface area contributed by atoms with Crippen LogP contribution in [-0.2, 0) is 19.4 Å². The number of rotatable bonds is 7.